The second-order valence-corrected chi connectivity index (χ2v) is 14.3. The van der Waals surface area contributed by atoms with Crippen LogP contribution < -0.4 is 10.6 Å². The van der Waals surface area contributed by atoms with Gasteiger partial charge in [0.2, 0.25) is 0 Å². The number of nitrogens with one attached hydrogen (secondary N) is 2. The number of hydrogen-bond donors (Lipinski definition) is 2. The molecule has 0 amide bonds. The Morgan fingerprint density at radius 1 is 0.566 bits per heavy atom. The van der Waals surface area contributed by atoms with E-state index in [1.165, 1.54) is 70.5 Å². The topological polar surface area (TPSA) is 41.4 Å². The van der Waals surface area contributed by atoms with Gasteiger partial charge < -0.3 is 9.88 Å². The van der Waals surface area contributed by atoms with Crippen LogP contribution in [0.5, 0.6) is 0 Å². The summed E-state index contributed by atoms with van der Waals surface area (Å²) in [5, 5.41) is 20.4. The van der Waals surface area contributed by atoms with Crippen molar-refractivity contribution < 1.29 is 0 Å². The van der Waals surface area contributed by atoms with Crippen molar-refractivity contribution in [1.82, 2.24) is 15.2 Å². The van der Waals surface area contributed by atoms with Gasteiger partial charge in [-0.1, -0.05) is 152 Å². The molecule has 0 saturated heterocycles. The van der Waals surface area contributed by atoms with E-state index in [0.29, 0.717) is 0 Å². The molecule has 0 spiro atoms. The standard InChI is InChI=1S/C49H36N4/c1-2-16-33(17-3-1)47-50-48(52-49(51-47)41-26-13-18-31-14-4-6-21-36(31)41)34-19-12-20-35(30-34)53-43-27-11-10-25-42(43)45-44-37-22-7-5-15-32(37)28-29-39(44)38-23-8-9-24-40(38)46(45)53/h2,4-30,48-49,52H,1,3H2,(H,50,51). The van der Waals surface area contributed by atoms with E-state index in [0.717, 1.165) is 35.5 Å². The highest BCUT2D eigenvalue weighted by molar-refractivity contribution is 6.36. The van der Waals surface area contributed by atoms with Crippen LogP contribution in [0.4, 0.5) is 0 Å². The van der Waals surface area contributed by atoms with Crippen molar-refractivity contribution in [3.8, 4) is 5.69 Å². The Balaban J connectivity index is 1.14. The zero-order chi connectivity index (χ0) is 34.9. The number of aliphatic imine (C=N–C) groups is 1. The molecule has 1 aliphatic carbocycles. The van der Waals surface area contributed by atoms with Gasteiger partial charge in [-0.2, -0.15) is 0 Å². The minimum absolute atomic E-state index is 0.129. The maximum atomic E-state index is 5.37. The summed E-state index contributed by atoms with van der Waals surface area (Å²) in [4.78, 5) is 5.37. The highest BCUT2D eigenvalue weighted by atomic mass is 15.3. The summed E-state index contributed by atoms with van der Waals surface area (Å²) in [6, 6.07) is 55.4. The molecule has 0 bridgehead atoms. The van der Waals surface area contributed by atoms with Crippen LogP contribution in [-0.2, 0) is 0 Å². The van der Waals surface area contributed by atoms with Gasteiger partial charge in [-0.3, -0.25) is 5.32 Å². The van der Waals surface area contributed by atoms with Gasteiger partial charge in [-0.25, -0.2) is 4.99 Å². The van der Waals surface area contributed by atoms with Crippen LogP contribution in [0.25, 0.3) is 70.6 Å². The fraction of sp³-hybridized carbons (Fsp3) is 0.0816. The van der Waals surface area contributed by atoms with E-state index in [4.69, 9.17) is 4.99 Å². The van der Waals surface area contributed by atoms with Crippen molar-refractivity contribution in [2.24, 2.45) is 4.99 Å². The summed E-state index contributed by atoms with van der Waals surface area (Å²) >= 11 is 0. The number of amidine groups is 1. The van der Waals surface area contributed by atoms with Crippen LogP contribution in [-0.4, -0.2) is 10.4 Å². The molecule has 1 aromatic heterocycles. The van der Waals surface area contributed by atoms with Crippen LogP contribution in [0.1, 0.15) is 36.3 Å². The molecule has 2 heterocycles. The van der Waals surface area contributed by atoms with E-state index in [9.17, 15) is 0 Å². The highest BCUT2D eigenvalue weighted by Crippen LogP contribution is 2.45. The Kier molecular flexibility index (Phi) is 6.86. The van der Waals surface area contributed by atoms with Crippen molar-refractivity contribution in [3.05, 3.63) is 187 Å². The zero-order valence-electron chi connectivity index (χ0n) is 29.1. The van der Waals surface area contributed by atoms with Gasteiger partial charge in [0.15, 0.2) is 0 Å². The van der Waals surface area contributed by atoms with Crippen molar-refractivity contribution >= 4 is 70.7 Å². The van der Waals surface area contributed by atoms with Gasteiger partial charge in [0.25, 0.3) is 0 Å². The molecular weight excluding hydrogens is 645 g/mol. The Morgan fingerprint density at radius 3 is 2.13 bits per heavy atom. The van der Waals surface area contributed by atoms with E-state index in [2.05, 4.69) is 185 Å². The van der Waals surface area contributed by atoms with Gasteiger partial charge in [0.05, 0.1) is 11.0 Å². The molecule has 2 N–H and O–H groups in total. The van der Waals surface area contributed by atoms with Gasteiger partial charge in [-0.15, -0.1) is 0 Å². The van der Waals surface area contributed by atoms with E-state index in [1.54, 1.807) is 0 Å². The minimum Gasteiger partial charge on any atom is -0.350 e. The molecule has 53 heavy (non-hydrogen) atoms. The van der Waals surface area contributed by atoms with E-state index in [1.807, 2.05) is 0 Å². The molecule has 2 atom stereocenters. The predicted molar refractivity (Wildman–Crippen MR) is 223 cm³/mol. The average molecular weight is 681 g/mol. The van der Waals surface area contributed by atoms with Gasteiger partial charge in [-0.05, 0) is 74.5 Å². The number of nitrogens with zero attached hydrogens (tertiary/aromatic N) is 2. The number of benzene rings is 8. The summed E-state index contributed by atoms with van der Waals surface area (Å²) < 4.78 is 2.48. The molecule has 4 nitrogen and oxygen atoms in total. The third kappa shape index (κ3) is 4.76. The first kappa shape index (κ1) is 30.2. The first-order valence-corrected chi connectivity index (χ1v) is 18.6. The molecule has 252 valence electrons. The van der Waals surface area contributed by atoms with Crippen molar-refractivity contribution in [3.63, 3.8) is 0 Å². The Hall–Kier alpha value is -6.49. The number of fused-ring (bicyclic) bond motifs is 11. The molecule has 2 unspecified atom stereocenters. The normalized spacial score (nSPS) is 17.5. The lowest BCUT2D eigenvalue weighted by Crippen LogP contribution is -2.45. The third-order valence-corrected chi connectivity index (χ3v) is 11.2. The van der Waals surface area contributed by atoms with Crippen molar-refractivity contribution in [1.29, 1.82) is 0 Å². The van der Waals surface area contributed by atoms with E-state index < -0.39 is 0 Å². The zero-order valence-corrected chi connectivity index (χ0v) is 29.1. The molecule has 0 radical (unpaired) electrons. The number of rotatable bonds is 4. The van der Waals surface area contributed by atoms with Gasteiger partial charge in [0, 0.05) is 32.8 Å². The molecule has 1 aliphatic heterocycles. The highest BCUT2D eigenvalue weighted by Gasteiger charge is 2.28. The Labute approximate surface area is 307 Å². The molecule has 9 aromatic rings. The summed E-state index contributed by atoms with van der Waals surface area (Å²) in [7, 11) is 0. The maximum absolute atomic E-state index is 5.37. The second kappa shape index (κ2) is 12.0. The molecular formula is C49H36N4. The third-order valence-electron chi connectivity index (χ3n) is 11.2. The number of aromatic nitrogens is 1. The molecule has 2 aliphatic rings. The summed E-state index contributed by atoms with van der Waals surface area (Å²) in [5.74, 6) is 0.925. The molecule has 0 fully saturated rings. The fourth-order valence-electron chi connectivity index (χ4n) is 8.87. The van der Waals surface area contributed by atoms with Gasteiger partial charge in [0.1, 0.15) is 18.2 Å². The number of para-hydroxylation sites is 1. The first-order valence-electron chi connectivity index (χ1n) is 18.6. The van der Waals surface area contributed by atoms with Gasteiger partial charge >= 0.3 is 0 Å². The number of hydrogen-bond acceptors (Lipinski definition) is 3. The number of allylic oxidation sites excluding steroid dienone is 2. The van der Waals surface area contributed by atoms with Crippen LogP contribution in [0.3, 0.4) is 0 Å². The largest absolute Gasteiger partial charge is 0.350 e. The predicted octanol–water partition coefficient (Wildman–Crippen LogP) is 12.0. The lowest BCUT2D eigenvalue weighted by Gasteiger charge is -2.33. The SMILES string of the molecule is C1=CC(C2=NC(c3cccc(-n4c5ccccc5c5c6c7ccccc7ccc6c6ccccc6c54)c3)NC(c3cccc4ccccc34)N2)=CCC1. The second-order valence-electron chi connectivity index (χ2n) is 14.3. The molecule has 11 rings (SSSR count). The smallest absolute Gasteiger partial charge is 0.131 e. The van der Waals surface area contributed by atoms with Crippen LogP contribution in [0.2, 0.25) is 0 Å². The Bertz CT molecular complexity index is 3030. The molecule has 4 heteroatoms. The van der Waals surface area contributed by atoms with Crippen molar-refractivity contribution in [2.45, 2.75) is 25.2 Å². The van der Waals surface area contributed by atoms with Crippen molar-refractivity contribution in [2.75, 3.05) is 0 Å². The lowest BCUT2D eigenvalue weighted by atomic mass is 9.93. The maximum Gasteiger partial charge on any atom is 0.131 e. The van der Waals surface area contributed by atoms with E-state index in [-0.39, 0.29) is 12.3 Å². The fourth-order valence-corrected chi connectivity index (χ4v) is 8.87. The van der Waals surface area contributed by atoms with Crippen LogP contribution >= 0.6 is 0 Å². The minimum atomic E-state index is -0.263. The Morgan fingerprint density at radius 2 is 1.28 bits per heavy atom. The summed E-state index contributed by atoms with van der Waals surface area (Å²) in [6.45, 7) is 0. The quantitative estimate of drug-likeness (QED) is 0.182. The van der Waals surface area contributed by atoms with Crippen LogP contribution in [0, 0.1) is 0 Å². The average Bonchev–Trinajstić information content (AvgIpc) is 3.59. The first-order chi connectivity index (χ1) is 26.3. The van der Waals surface area contributed by atoms with E-state index >= 15 is 0 Å². The monoisotopic (exact) mass is 680 g/mol. The summed E-state index contributed by atoms with van der Waals surface area (Å²) in [5.41, 5.74) is 7.03. The lowest BCUT2D eigenvalue weighted by molar-refractivity contribution is 0.411. The summed E-state index contributed by atoms with van der Waals surface area (Å²) in [6.07, 6.45) is 8.46. The van der Waals surface area contributed by atoms with Crippen LogP contribution in [0.15, 0.2) is 180 Å². The molecule has 8 aromatic carbocycles. The molecule has 0 saturated carbocycles.